The number of nitrogens with zero attached hydrogens (tertiary/aromatic N) is 4. The van der Waals surface area contributed by atoms with Crippen molar-refractivity contribution < 1.29 is 28.5 Å². The van der Waals surface area contributed by atoms with E-state index in [1.54, 1.807) is 46.4 Å². The standard InChI is InChI=1S/C30H42N6O6/c1-21(37)8-6-14-31-16-23-10-12-27(34-29(23)39-4)41-19-25-18-33-26(36(25)3)20-42-28-13-11-24(30(35-28)40-5)17-32-15-7-9-22(2)38/h10-13,18,31-32H,6-9,14-17,19-20H2,1-5H3. The first-order valence-corrected chi connectivity index (χ1v) is 14.0. The zero-order valence-corrected chi connectivity index (χ0v) is 25.2. The Morgan fingerprint density at radius 1 is 0.786 bits per heavy atom. The van der Waals surface area contributed by atoms with Crippen molar-refractivity contribution in [1.29, 1.82) is 0 Å². The van der Waals surface area contributed by atoms with Gasteiger partial charge < -0.3 is 43.7 Å². The summed E-state index contributed by atoms with van der Waals surface area (Å²) in [6.45, 7) is 6.33. The Bertz CT molecular complexity index is 1210. The molecule has 0 aliphatic carbocycles. The maximum absolute atomic E-state index is 11.1. The summed E-state index contributed by atoms with van der Waals surface area (Å²) in [4.78, 5) is 35.6. The molecule has 3 rings (SSSR count). The van der Waals surface area contributed by atoms with Crippen molar-refractivity contribution in [3.8, 4) is 23.5 Å². The van der Waals surface area contributed by atoms with Gasteiger partial charge >= 0.3 is 0 Å². The van der Waals surface area contributed by atoms with E-state index in [4.69, 9.17) is 18.9 Å². The Morgan fingerprint density at radius 3 is 1.76 bits per heavy atom. The number of hydrogen-bond acceptors (Lipinski definition) is 11. The van der Waals surface area contributed by atoms with Gasteiger partial charge in [0.2, 0.25) is 23.5 Å². The number of Topliss-reactive ketones (excluding diaryl/α,β-unsaturated/α-hetero) is 2. The van der Waals surface area contributed by atoms with Gasteiger partial charge in [-0.05, 0) is 51.9 Å². The van der Waals surface area contributed by atoms with Gasteiger partial charge in [-0.2, -0.15) is 9.97 Å². The van der Waals surface area contributed by atoms with Gasteiger partial charge in [-0.25, -0.2) is 4.98 Å². The largest absolute Gasteiger partial charge is 0.481 e. The lowest BCUT2D eigenvalue weighted by atomic mass is 10.2. The fourth-order valence-corrected chi connectivity index (χ4v) is 4.10. The molecule has 0 aliphatic rings. The zero-order chi connectivity index (χ0) is 30.3. The molecular weight excluding hydrogens is 540 g/mol. The lowest BCUT2D eigenvalue weighted by Crippen LogP contribution is -2.16. The summed E-state index contributed by atoms with van der Waals surface area (Å²) in [5.41, 5.74) is 2.66. The van der Waals surface area contributed by atoms with Gasteiger partial charge in [-0.3, -0.25) is 0 Å². The quantitative estimate of drug-likeness (QED) is 0.190. The summed E-state index contributed by atoms with van der Waals surface area (Å²) in [7, 11) is 5.05. The van der Waals surface area contributed by atoms with E-state index in [1.807, 2.05) is 23.7 Å². The molecule has 3 aromatic heterocycles. The van der Waals surface area contributed by atoms with Crippen LogP contribution in [0.1, 0.15) is 62.2 Å². The Morgan fingerprint density at radius 2 is 1.29 bits per heavy atom. The second-order valence-electron chi connectivity index (χ2n) is 9.90. The van der Waals surface area contributed by atoms with Crippen molar-refractivity contribution in [2.45, 2.75) is 65.8 Å². The lowest BCUT2D eigenvalue weighted by molar-refractivity contribution is -0.117. The van der Waals surface area contributed by atoms with Crippen LogP contribution in [0.25, 0.3) is 0 Å². The third-order valence-corrected chi connectivity index (χ3v) is 6.51. The number of aromatic nitrogens is 4. The van der Waals surface area contributed by atoms with Crippen LogP contribution < -0.4 is 29.6 Å². The van der Waals surface area contributed by atoms with E-state index in [-0.39, 0.29) is 24.8 Å². The summed E-state index contributed by atoms with van der Waals surface area (Å²) in [5, 5.41) is 6.61. The van der Waals surface area contributed by atoms with Gasteiger partial charge in [-0.1, -0.05) is 0 Å². The van der Waals surface area contributed by atoms with Crippen LogP contribution in [0.3, 0.4) is 0 Å². The van der Waals surface area contributed by atoms with E-state index in [0.717, 1.165) is 42.8 Å². The minimum absolute atomic E-state index is 0.191. The molecule has 0 bridgehead atoms. The summed E-state index contributed by atoms with van der Waals surface area (Å²) >= 11 is 0. The predicted molar refractivity (Wildman–Crippen MR) is 157 cm³/mol. The Labute approximate surface area is 247 Å². The van der Waals surface area contributed by atoms with Gasteiger partial charge in [0, 0.05) is 56.2 Å². The van der Waals surface area contributed by atoms with Crippen LogP contribution in [0.5, 0.6) is 23.5 Å². The first kappa shape index (κ1) is 32.5. The molecule has 0 saturated carbocycles. The van der Waals surface area contributed by atoms with Crippen LogP contribution in [-0.4, -0.2) is 58.4 Å². The average molecular weight is 583 g/mol. The molecule has 228 valence electrons. The number of methoxy groups -OCH3 is 2. The van der Waals surface area contributed by atoms with Gasteiger partial charge in [0.05, 0.1) is 26.1 Å². The highest BCUT2D eigenvalue weighted by molar-refractivity contribution is 5.75. The van der Waals surface area contributed by atoms with E-state index in [0.29, 0.717) is 55.3 Å². The highest BCUT2D eigenvalue weighted by Crippen LogP contribution is 2.22. The first-order valence-electron chi connectivity index (χ1n) is 14.0. The normalized spacial score (nSPS) is 10.9. The first-order chi connectivity index (χ1) is 20.3. The second kappa shape index (κ2) is 17.0. The van der Waals surface area contributed by atoms with Crippen molar-refractivity contribution in [3.63, 3.8) is 0 Å². The van der Waals surface area contributed by atoms with Crippen LogP contribution in [0, 0.1) is 0 Å². The smallest absolute Gasteiger partial charge is 0.220 e. The molecule has 12 heteroatoms. The lowest BCUT2D eigenvalue weighted by Gasteiger charge is -2.12. The molecule has 3 heterocycles. The van der Waals surface area contributed by atoms with E-state index >= 15 is 0 Å². The fraction of sp³-hybridized carbons (Fsp3) is 0.500. The molecular formula is C30H42N6O6. The van der Waals surface area contributed by atoms with Crippen molar-refractivity contribution in [3.05, 3.63) is 53.1 Å². The minimum atomic E-state index is 0.191. The third-order valence-electron chi connectivity index (χ3n) is 6.51. The van der Waals surface area contributed by atoms with E-state index in [1.165, 1.54) is 0 Å². The Kier molecular flexibility index (Phi) is 13.2. The molecule has 0 atom stereocenters. The Balaban J connectivity index is 1.49. The van der Waals surface area contributed by atoms with Gasteiger partial charge in [-0.15, -0.1) is 0 Å². The third kappa shape index (κ3) is 10.4. The van der Waals surface area contributed by atoms with Crippen LogP contribution >= 0.6 is 0 Å². The summed E-state index contributed by atoms with van der Waals surface area (Å²) in [6.07, 6.45) is 4.47. The van der Waals surface area contributed by atoms with Crippen LogP contribution in [0.4, 0.5) is 0 Å². The number of ether oxygens (including phenoxy) is 4. The Hall–Kier alpha value is -4.03. The van der Waals surface area contributed by atoms with Gasteiger partial charge in [0.1, 0.15) is 30.6 Å². The number of pyridine rings is 2. The molecule has 42 heavy (non-hydrogen) atoms. The number of ketones is 2. The highest BCUT2D eigenvalue weighted by atomic mass is 16.5. The predicted octanol–water partition coefficient (Wildman–Crippen LogP) is 3.30. The minimum Gasteiger partial charge on any atom is -0.481 e. The van der Waals surface area contributed by atoms with Crippen LogP contribution in [0.2, 0.25) is 0 Å². The van der Waals surface area contributed by atoms with Crippen LogP contribution in [-0.2, 0) is 42.9 Å². The molecule has 0 aliphatic heterocycles. The molecule has 3 aromatic rings. The maximum Gasteiger partial charge on any atom is 0.220 e. The SMILES string of the molecule is COc1nc(OCc2cnc(COc3ccc(CNCCCC(C)=O)c(OC)n3)n2C)ccc1CNCCCC(C)=O. The fourth-order valence-electron chi connectivity index (χ4n) is 4.10. The number of nitrogens with one attached hydrogen (secondary N) is 2. The number of imidazole rings is 1. The number of carbonyl (C=O) groups is 2. The van der Waals surface area contributed by atoms with Gasteiger partial charge in [0.15, 0.2) is 0 Å². The highest BCUT2D eigenvalue weighted by Gasteiger charge is 2.12. The van der Waals surface area contributed by atoms with E-state index in [9.17, 15) is 9.59 Å². The molecule has 0 amide bonds. The molecule has 2 N–H and O–H groups in total. The van der Waals surface area contributed by atoms with Crippen molar-refractivity contribution in [2.24, 2.45) is 7.05 Å². The molecule has 0 fully saturated rings. The molecule has 0 aromatic carbocycles. The maximum atomic E-state index is 11.1. The summed E-state index contributed by atoms with van der Waals surface area (Å²) < 4.78 is 24.6. The molecule has 0 unspecified atom stereocenters. The average Bonchev–Trinajstić information content (AvgIpc) is 3.33. The summed E-state index contributed by atoms with van der Waals surface area (Å²) in [5.74, 6) is 2.94. The number of rotatable bonds is 20. The molecule has 0 saturated heterocycles. The van der Waals surface area contributed by atoms with E-state index in [2.05, 4.69) is 25.6 Å². The van der Waals surface area contributed by atoms with Gasteiger partial charge in [0.25, 0.3) is 0 Å². The molecule has 0 radical (unpaired) electrons. The number of hydrogen-bond donors (Lipinski definition) is 2. The summed E-state index contributed by atoms with van der Waals surface area (Å²) in [6, 6.07) is 7.43. The molecule has 12 nitrogen and oxygen atoms in total. The van der Waals surface area contributed by atoms with Crippen LogP contribution in [0.15, 0.2) is 30.5 Å². The van der Waals surface area contributed by atoms with Crippen molar-refractivity contribution in [2.75, 3.05) is 27.3 Å². The van der Waals surface area contributed by atoms with Crippen molar-refractivity contribution in [1.82, 2.24) is 30.2 Å². The zero-order valence-electron chi connectivity index (χ0n) is 25.2. The topological polar surface area (TPSA) is 139 Å². The second-order valence-corrected chi connectivity index (χ2v) is 9.90. The monoisotopic (exact) mass is 582 g/mol. The molecule has 0 spiro atoms. The van der Waals surface area contributed by atoms with E-state index < -0.39 is 0 Å². The number of carbonyl (C=O) groups excluding carboxylic acids is 2. The van der Waals surface area contributed by atoms with Crippen molar-refractivity contribution >= 4 is 11.6 Å².